The van der Waals surface area contributed by atoms with E-state index < -0.39 is 0 Å². The van der Waals surface area contributed by atoms with E-state index >= 15 is 0 Å². The Morgan fingerprint density at radius 1 is 1.25 bits per heavy atom. The highest BCUT2D eigenvalue weighted by Gasteiger charge is 2.20. The van der Waals surface area contributed by atoms with Gasteiger partial charge < -0.3 is 15.4 Å². The van der Waals surface area contributed by atoms with Crippen LogP contribution in [0.25, 0.3) is 0 Å². The Morgan fingerprint density at radius 3 is 2.90 bits per heavy atom. The van der Waals surface area contributed by atoms with Crippen LogP contribution in [-0.4, -0.2) is 13.7 Å². The maximum absolute atomic E-state index is 6.05. The van der Waals surface area contributed by atoms with Crippen LogP contribution in [0.2, 0.25) is 0 Å². The van der Waals surface area contributed by atoms with Crippen LogP contribution < -0.4 is 15.4 Å². The summed E-state index contributed by atoms with van der Waals surface area (Å²) in [5, 5.41) is 0. The highest BCUT2D eigenvalue weighted by atomic mass is 16.5. The minimum Gasteiger partial charge on any atom is -0.497 e. The van der Waals surface area contributed by atoms with E-state index in [1.807, 2.05) is 12.1 Å². The standard InChI is InChI=1S/C17H20N2O/c1-12-8-14-6-7-19(17(14)10-16(12)18)11-13-4-3-5-15(9-13)20-2/h3-5,8-10H,6-7,11,18H2,1-2H3. The number of rotatable bonds is 3. The minimum atomic E-state index is 0.876. The maximum atomic E-state index is 6.05. The van der Waals surface area contributed by atoms with E-state index in [2.05, 4.69) is 36.1 Å². The summed E-state index contributed by atoms with van der Waals surface area (Å²) < 4.78 is 5.29. The molecule has 0 saturated heterocycles. The molecule has 0 spiro atoms. The highest BCUT2D eigenvalue weighted by molar-refractivity contribution is 5.67. The Labute approximate surface area is 120 Å². The van der Waals surface area contributed by atoms with E-state index in [1.165, 1.54) is 22.4 Å². The molecule has 3 nitrogen and oxygen atoms in total. The molecule has 1 aliphatic rings. The lowest BCUT2D eigenvalue weighted by atomic mass is 10.1. The van der Waals surface area contributed by atoms with Crippen LogP contribution in [0, 0.1) is 6.92 Å². The number of nitrogen functional groups attached to an aromatic ring is 1. The fraction of sp³-hybridized carbons (Fsp3) is 0.294. The van der Waals surface area contributed by atoms with Crippen molar-refractivity contribution in [1.29, 1.82) is 0 Å². The molecule has 104 valence electrons. The highest BCUT2D eigenvalue weighted by Crippen LogP contribution is 2.33. The number of fused-ring (bicyclic) bond motifs is 1. The summed E-state index contributed by atoms with van der Waals surface area (Å²) in [5.74, 6) is 0.908. The van der Waals surface area contributed by atoms with Crippen LogP contribution in [0.1, 0.15) is 16.7 Å². The number of hydrogen-bond acceptors (Lipinski definition) is 3. The SMILES string of the molecule is COc1cccc(CN2CCc3cc(C)c(N)cc32)c1. The normalized spacial score (nSPS) is 13.4. The lowest BCUT2D eigenvalue weighted by Gasteiger charge is -2.20. The number of nitrogens with zero attached hydrogens (tertiary/aromatic N) is 1. The van der Waals surface area contributed by atoms with Crippen molar-refractivity contribution >= 4 is 11.4 Å². The molecule has 0 saturated carbocycles. The fourth-order valence-electron chi connectivity index (χ4n) is 2.80. The quantitative estimate of drug-likeness (QED) is 0.869. The molecule has 2 aromatic rings. The zero-order chi connectivity index (χ0) is 14.1. The predicted molar refractivity (Wildman–Crippen MR) is 83.3 cm³/mol. The Balaban J connectivity index is 1.86. The molecule has 0 bridgehead atoms. The Kier molecular flexibility index (Phi) is 3.26. The van der Waals surface area contributed by atoms with Crippen molar-refractivity contribution < 1.29 is 4.74 Å². The van der Waals surface area contributed by atoms with E-state index in [0.29, 0.717) is 0 Å². The van der Waals surface area contributed by atoms with Crippen LogP contribution in [0.3, 0.4) is 0 Å². The van der Waals surface area contributed by atoms with Gasteiger partial charge in [0.05, 0.1) is 7.11 Å². The van der Waals surface area contributed by atoms with Crippen LogP contribution in [0.4, 0.5) is 11.4 Å². The second-order valence-corrected chi connectivity index (χ2v) is 5.36. The van der Waals surface area contributed by atoms with Crippen molar-refractivity contribution in [2.24, 2.45) is 0 Å². The Morgan fingerprint density at radius 2 is 2.10 bits per heavy atom. The first-order chi connectivity index (χ1) is 9.67. The van der Waals surface area contributed by atoms with Gasteiger partial charge in [0.15, 0.2) is 0 Å². The molecule has 0 unspecified atom stereocenters. The third-order valence-corrected chi connectivity index (χ3v) is 3.97. The first-order valence-electron chi connectivity index (χ1n) is 6.94. The zero-order valence-electron chi connectivity index (χ0n) is 12.0. The maximum Gasteiger partial charge on any atom is 0.119 e. The van der Waals surface area contributed by atoms with Gasteiger partial charge in [-0.3, -0.25) is 0 Å². The van der Waals surface area contributed by atoms with Gasteiger partial charge in [0.2, 0.25) is 0 Å². The molecule has 0 amide bonds. The van der Waals surface area contributed by atoms with Gasteiger partial charge in [-0.2, -0.15) is 0 Å². The molecular formula is C17H20N2O. The second kappa shape index (κ2) is 5.08. The van der Waals surface area contributed by atoms with E-state index in [9.17, 15) is 0 Å². The molecule has 0 fully saturated rings. The van der Waals surface area contributed by atoms with Crippen LogP contribution in [-0.2, 0) is 13.0 Å². The number of methoxy groups -OCH3 is 1. The van der Waals surface area contributed by atoms with Crippen molar-refractivity contribution in [2.45, 2.75) is 19.9 Å². The summed E-state index contributed by atoms with van der Waals surface area (Å²) in [5.41, 5.74) is 12.0. The lowest BCUT2D eigenvalue weighted by Crippen LogP contribution is -2.19. The van der Waals surface area contributed by atoms with Crippen molar-refractivity contribution in [2.75, 3.05) is 24.3 Å². The summed E-state index contributed by atoms with van der Waals surface area (Å²) in [6.07, 6.45) is 1.10. The van der Waals surface area contributed by atoms with Gasteiger partial charge >= 0.3 is 0 Å². The molecule has 2 N–H and O–H groups in total. The lowest BCUT2D eigenvalue weighted by molar-refractivity contribution is 0.414. The predicted octanol–water partition coefficient (Wildman–Crippen LogP) is 3.15. The van der Waals surface area contributed by atoms with E-state index in [4.69, 9.17) is 10.5 Å². The smallest absolute Gasteiger partial charge is 0.119 e. The fourth-order valence-corrected chi connectivity index (χ4v) is 2.80. The monoisotopic (exact) mass is 268 g/mol. The van der Waals surface area contributed by atoms with E-state index in [1.54, 1.807) is 7.11 Å². The molecule has 2 aromatic carbocycles. The van der Waals surface area contributed by atoms with Crippen molar-refractivity contribution in [3.63, 3.8) is 0 Å². The number of benzene rings is 2. The van der Waals surface area contributed by atoms with E-state index in [0.717, 1.165) is 30.9 Å². The van der Waals surface area contributed by atoms with Gasteiger partial charge in [-0.15, -0.1) is 0 Å². The van der Waals surface area contributed by atoms with Crippen LogP contribution in [0.5, 0.6) is 5.75 Å². The average Bonchev–Trinajstić information content (AvgIpc) is 2.82. The largest absolute Gasteiger partial charge is 0.497 e. The van der Waals surface area contributed by atoms with Crippen molar-refractivity contribution in [3.8, 4) is 5.75 Å². The first kappa shape index (κ1) is 12.9. The van der Waals surface area contributed by atoms with Gasteiger partial charge in [0.1, 0.15) is 5.75 Å². The molecule has 1 aliphatic heterocycles. The summed E-state index contributed by atoms with van der Waals surface area (Å²) in [4.78, 5) is 2.39. The van der Waals surface area contributed by atoms with Gasteiger partial charge in [-0.05, 0) is 48.2 Å². The molecule has 20 heavy (non-hydrogen) atoms. The molecule has 0 aliphatic carbocycles. The first-order valence-corrected chi connectivity index (χ1v) is 6.94. The summed E-state index contributed by atoms with van der Waals surface area (Å²) in [6.45, 7) is 4.02. The number of hydrogen-bond donors (Lipinski definition) is 1. The van der Waals surface area contributed by atoms with Gasteiger partial charge in [0.25, 0.3) is 0 Å². The molecule has 1 heterocycles. The molecule has 0 aromatic heterocycles. The van der Waals surface area contributed by atoms with Gasteiger partial charge in [0, 0.05) is 24.5 Å². The summed E-state index contributed by atoms with van der Waals surface area (Å²) in [7, 11) is 1.70. The van der Waals surface area contributed by atoms with Crippen molar-refractivity contribution in [1.82, 2.24) is 0 Å². The van der Waals surface area contributed by atoms with Crippen molar-refractivity contribution in [3.05, 3.63) is 53.1 Å². The molecule has 0 atom stereocenters. The molecule has 0 radical (unpaired) electrons. The molecular weight excluding hydrogens is 248 g/mol. The number of anilines is 2. The topological polar surface area (TPSA) is 38.5 Å². The van der Waals surface area contributed by atoms with Gasteiger partial charge in [-0.1, -0.05) is 18.2 Å². The molecule has 3 rings (SSSR count). The number of ether oxygens (including phenoxy) is 1. The second-order valence-electron chi connectivity index (χ2n) is 5.36. The minimum absolute atomic E-state index is 0.876. The summed E-state index contributed by atoms with van der Waals surface area (Å²) >= 11 is 0. The Bertz CT molecular complexity index is 637. The van der Waals surface area contributed by atoms with Crippen LogP contribution >= 0.6 is 0 Å². The third kappa shape index (κ3) is 2.31. The van der Waals surface area contributed by atoms with Gasteiger partial charge in [-0.25, -0.2) is 0 Å². The number of nitrogens with two attached hydrogens (primary N) is 1. The zero-order valence-corrected chi connectivity index (χ0v) is 12.0. The number of aryl methyl sites for hydroxylation is 1. The average molecular weight is 268 g/mol. The Hall–Kier alpha value is -2.16. The molecule has 3 heteroatoms. The van der Waals surface area contributed by atoms with E-state index in [-0.39, 0.29) is 0 Å². The third-order valence-electron chi connectivity index (χ3n) is 3.97. The van der Waals surface area contributed by atoms with Crippen LogP contribution in [0.15, 0.2) is 36.4 Å². The summed E-state index contributed by atoms with van der Waals surface area (Å²) in [6, 6.07) is 12.6.